The molecule has 0 saturated carbocycles. The minimum absolute atomic E-state index is 0.119. The van der Waals surface area contributed by atoms with Crippen LogP contribution in [-0.2, 0) is 17.9 Å². The first-order chi connectivity index (χ1) is 12.4. The van der Waals surface area contributed by atoms with Gasteiger partial charge < -0.3 is 9.84 Å². The fourth-order valence-electron chi connectivity index (χ4n) is 2.26. The molecule has 3 heterocycles. The maximum atomic E-state index is 12.5. The van der Waals surface area contributed by atoms with Crippen molar-refractivity contribution in [2.45, 2.75) is 40.3 Å². The second-order valence-electron chi connectivity index (χ2n) is 5.73. The number of aromatic nitrogens is 5. The van der Waals surface area contributed by atoms with Crippen molar-refractivity contribution < 1.29 is 9.32 Å². The lowest BCUT2D eigenvalue weighted by atomic mass is 10.3. The van der Waals surface area contributed by atoms with E-state index in [0.717, 1.165) is 15.6 Å². The molecule has 0 fully saturated rings. The van der Waals surface area contributed by atoms with Crippen LogP contribution in [-0.4, -0.2) is 30.6 Å². The number of rotatable bonds is 6. The lowest BCUT2D eigenvalue weighted by Crippen LogP contribution is -2.27. The zero-order chi connectivity index (χ0) is 18.7. The second kappa shape index (κ2) is 7.56. The molecule has 0 atom stereocenters. The molecular weight excluding hydrogens is 356 g/mol. The molecule has 0 radical (unpaired) electrons. The van der Waals surface area contributed by atoms with E-state index in [1.807, 2.05) is 13.8 Å². The molecule has 1 N–H and O–H groups in total. The predicted molar refractivity (Wildman–Crippen MR) is 94.6 cm³/mol. The quantitative estimate of drug-likeness (QED) is 0.693. The maximum absolute atomic E-state index is 12.5. The number of hydrogen-bond donors (Lipinski definition) is 1. The van der Waals surface area contributed by atoms with E-state index < -0.39 is 0 Å². The summed E-state index contributed by atoms with van der Waals surface area (Å²) >= 11 is 1.56. The molecule has 3 aromatic rings. The van der Waals surface area contributed by atoms with Crippen LogP contribution in [0.2, 0.25) is 0 Å². The van der Waals surface area contributed by atoms with E-state index in [1.54, 1.807) is 18.3 Å². The van der Waals surface area contributed by atoms with Crippen LogP contribution >= 0.6 is 11.3 Å². The first-order valence-electron chi connectivity index (χ1n) is 7.98. The summed E-state index contributed by atoms with van der Waals surface area (Å²) < 4.78 is 6.36. The molecule has 0 saturated heterocycles. The highest BCUT2D eigenvalue weighted by Crippen LogP contribution is 2.16. The number of amides is 1. The van der Waals surface area contributed by atoms with Crippen molar-refractivity contribution in [3.63, 3.8) is 0 Å². The van der Waals surface area contributed by atoms with Gasteiger partial charge in [-0.25, -0.2) is 9.97 Å². The molecule has 3 rings (SSSR count). The molecule has 0 bridgehead atoms. The molecule has 9 nitrogen and oxygen atoms in total. The largest absolute Gasteiger partial charge is 0.350 e. The zero-order valence-corrected chi connectivity index (χ0v) is 15.5. The minimum Gasteiger partial charge on any atom is -0.350 e. The number of nitrogens with zero attached hydrogens (tertiary/aromatic N) is 5. The van der Waals surface area contributed by atoms with E-state index in [-0.39, 0.29) is 35.9 Å². The molecule has 3 aromatic heterocycles. The Kier molecular flexibility index (Phi) is 5.21. The van der Waals surface area contributed by atoms with E-state index >= 15 is 0 Å². The van der Waals surface area contributed by atoms with Crippen LogP contribution in [0, 0.1) is 20.8 Å². The summed E-state index contributed by atoms with van der Waals surface area (Å²) in [4.78, 5) is 38.1. The van der Waals surface area contributed by atoms with Crippen LogP contribution in [0.15, 0.2) is 21.8 Å². The van der Waals surface area contributed by atoms with Crippen molar-refractivity contribution in [2.75, 3.05) is 0 Å². The Labute approximate surface area is 153 Å². The summed E-state index contributed by atoms with van der Waals surface area (Å²) in [6.45, 7) is 6.18. The van der Waals surface area contributed by atoms with Crippen LogP contribution in [0.3, 0.4) is 0 Å². The average molecular weight is 374 g/mol. The third-order valence-corrected chi connectivity index (χ3v) is 4.82. The molecule has 26 heavy (non-hydrogen) atoms. The Morgan fingerprint density at radius 2 is 2.12 bits per heavy atom. The van der Waals surface area contributed by atoms with Gasteiger partial charge in [0.25, 0.3) is 11.4 Å². The van der Waals surface area contributed by atoms with E-state index in [1.165, 1.54) is 17.1 Å². The van der Waals surface area contributed by atoms with Crippen molar-refractivity contribution in [1.82, 2.24) is 30.0 Å². The first kappa shape index (κ1) is 17.9. The third kappa shape index (κ3) is 4.02. The highest BCUT2D eigenvalue weighted by molar-refractivity contribution is 7.11. The molecule has 1 amide bonds. The lowest BCUT2D eigenvalue weighted by Gasteiger charge is -2.06. The van der Waals surface area contributed by atoms with Gasteiger partial charge in [0.1, 0.15) is 10.6 Å². The van der Waals surface area contributed by atoms with E-state index in [0.29, 0.717) is 12.4 Å². The third-order valence-electron chi connectivity index (χ3n) is 3.75. The van der Waals surface area contributed by atoms with Gasteiger partial charge in [-0.05, 0) is 20.8 Å². The fourth-order valence-corrected chi connectivity index (χ4v) is 3.14. The van der Waals surface area contributed by atoms with E-state index in [2.05, 4.69) is 25.4 Å². The van der Waals surface area contributed by atoms with Gasteiger partial charge in [-0.15, -0.1) is 11.3 Å². The first-order valence-corrected chi connectivity index (χ1v) is 8.80. The maximum Gasteiger partial charge on any atom is 0.266 e. The Hall–Kier alpha value is -2.88. The fraction of sp³-hybridized carbons (Fsp3) is 0.375. The SMILES string of the molecule is Cc1noc(-c2cncn(CCC(=O)NCc3nc(C)c(C)s3)c2=O)n1. The lowest BCUT2D eigenvalue weighted by molar-refractivity contribution is -0.121. The number of aryl methyl sites for hydroxylation is 4. The van der Waals surface area contributed by atoms with Crippen molar-refractivity contribution in [3.8, 4) is 11.5 Å². The summed E-state index contributed by atoms with van der Waals surface area (Å²) in [6, 6.07) is 0. The van der Waals surface area contributed by atoms with E-state index in [4.69, 9.17) is 4.52 Å². The standard InChI is InChI=1S/C16H18N6O3S/c1-9-10(2)26-14(19-9)7-18-13(23)4-5-22-8-17-6-12(16(22)24)15-20-11(3)21-25-15/h6,8H,4-5,7H2,1-3H3,(H,18,23). The molecule has 0 aromatic carbocycles. The molecule has 0 aliphatic heterocycles. The summed E-state index contributed by atoms with van der Waals surface area (Å²) in [6.07, 6.45) is 2.91. The minimum atomic E-state index is -0.331. The van der Waals surface area contributed by atoms with Crippen LogP contribution in [0.4, 0.5) is 0 Å². The summed E-state index contributed by atoms with van der Waals surface area (Å²) in [5.74, 6) is 0.386. The summed E-state index contributed by atoms with van der Waals surface area (Å²) in [5.41, 5.74) is 0.856. The van der Waals surface area contributed by atoms with Gasteiger partial charge in [0.05, 0.1) is 18.6 Å². The summed E-state index contributed by atoms with van der Waals surface area (Å²) in [7, 11) is 0. The number of thiazole rings is 1. The highest BCUT2D eigenvalue weighted by Gasteiger charge is 2.14. The van der Waals surface area contributed by atoms with Gasteiger partial charge in [0.2, 0.25) is 5.91 Å². The Morgan fingerprint density at radius 1 is 1.31 bits per heavy atom. The number of nitrogens with one attached hydrogen (secondary N) is 1. The molecular formula is C16H18N6O3S. The van der Waals surface area contributed by atoms with Crippen LogP contribution in [0.25, 0.3) is 11.5 Å². The molecule has 0 aliphatic carbocycles. The molecule has 0 spiro atoms. The number of hydrogen-bond acceptors (Lipinski definition) is 8. The highest BCUT2D eigenvalue weighted by atomic mass is 32.1. The normalized spacial score (nSPS) is 10.9. The molecule has 0 aliphatic rings. The molecule has 0 unspecified atom stereocenters. The number of carbonyl (C=O) groups excluding carboxylic acids is 1. The Morgan fingerprint density at radius 3 is 2.77 bits per heavy atom. The predicted octanol–water partition coefficient (Wildman–Crippen LogP) is 1.38. The Balaban J connectivity index is 1.60. The van der Waals surface area contributed by atoms with Gasteiger partial charge in [-0.2, -0.15) is 4.98 Å². The van der Waals surface area contributed by atoms with E-state index in [9.17, 15) is 9.59 Å². The van der Waals surface area contributed by atoms with Crippen molar-refractivity contribution in [1.29, 1.82) is 0 Å². The van der Waals surface area contributed by atoms with Gasteiger partial charge >= 0.3 is 0 Å². The van der Waals surface area contributed by atoms with Crippen LogP contribution in [0.1, 0.15) is 27.8 Å². The monoisotopic (exact) mass is 374 g/mol. The molecule has 10 heteroatoms. The van der Waals surface area contributed by atoms with Crippen molar-refractivity contribution in [2.24, 2.45) is 0 Å². The topological polar surface area (TPSA) is 116 Å². The van der Waals surface area contributed by atoms with Crippen LogP contribution in [0.5, 0.6) is 0 Å². The summed E-state index contributed by atoms with van der Waals surface area (Å²) in [5, 5.41) is 7.34. The number of carbonyl (C=O) groups is 1. The van der Waals surface area contributed by atoms with Gasteiger partial charge in [0, 0.05) is 24.0 Å². The Bertz CT molecular complexity index is 971. The second-order valence-corrected chi connectivity index (χ2v) is 7.02. The molecule has 136 valence electrons. The van der Waals surface area contributed by atoms with Crippen molar-refractivity contribution in [3.05, 3.63) is 44.3 Å². The smallest absolute Gasteiger partial charge is 0.266 e. The average Bonchev–Trinajstić information content (AvgIpc) is 3.17. The van der Waals surface area contributed by atoms with Gasteiger partial charge in [-0.1, -0.05) is 5.16 Å². The van der Waals surface area contributed by atoms with Gasteiger partial charge in [0.15, 0.2) is 5.82 Å². The van der Waals surface area contributed by atoms with Gasteiger partial charge in [-0.3, -0.25) is 14.2 Å². The zero-order valence-electron chi connectivity index (χ0n) is 14.6. The van der Waals surface area contributed by atoms with Crippen LogP contribution < -0.4 is 10.9 Å². The van der Waals surface area contributed by atoms with Crippen molar-refractivity contribution >= 4 is 17.2 Å².